The number of benzene rings is 1. The lowest BCUT2D eigenvalue weighted by Crippen LogP contribution is -2.46. The average molecular weight is 319 g/mol. The molecule has 1 aromatic rings. The van der Waals surface area contributed by atoms with Crippen molar-refractivity contribution in [2.24, 2.45) is 0 Å². The van der Waals surface area contributed by atoms with Crippen LogP contribution >= 0.6 is 0 Å². The van der Waals surface area contributed by atoms with E-state index in [1.54, 1.807) is 0 Å². The number of fused-ring (bicyclic) bond motifs is 1. The van der Waals surface area contributed by atoms with Crippen molar-refractivity contribution < 1.29 is 14.3 Å². The van der Waals surface area contributed by atoms with Crippen molar-refractivity contribution in [3.63, 3.8) is 0 Å². The Morgan fingerprint density at radius 3 is 3.09 bits per heavy atom. The molecule has 0 spiro atoms. The molecule has 6 heteroatoms. The lowest BCUT2D eigenvalue weighted by molar-refractivity contribution is -0.121. The maximum atomic E-state index is 12.2. The predicted octanol–water partition coefficient (Wildman–Crippen LogP) is 0.547. The predicted molar refractivity (Wildman–Crippen MR) is 87.5 cm³/mol. The van der Waals surface area contributed by atoms with Gasteiger partial charge in [-0.1, -0.05) is 18.2 Å². The number of morpholine rings is 1. The first-order valence-electron chi connectivity index (χ1n) is 8.24. The van der Waals surface area contributed by atoms with E-state index in [2.05, 4.69) is 22.6 Å². The maximum absolute atomic E-state index is 12.2. The Morgan fingerprint density at radius 2 is 2.22 bits per heavy atom. The van der Waals surface area contributed by atoms with Crippen LogP contribution in [0.4, 0.5) is 0 Å². The van der Waals surface area contributed by atoms with Crippen LogP contribution in [0, 0.1) is 0 Å². The van der Waals surface area contributed by atoms with Crippen LogP contribution in [0.1, 0.15) is 18.0 Å². The Balaban J connectivity index is 1.43. The second-order valence-corrected chi connectivity index (χ2v) is 6.18. The van der Waals surface area contributed by atoms with Crippen LogP contribution in [0.5, 0.6) is 5.75 Å². The van der Waals surface area contributed by atoms with E-state index in [9.17, 15) is 4.79 Å². The van der Waals surface area contributed by atoms with Crippen LogP contribution < -0.4 is 15.4 Å². The number of ether oxygens (including phenoxy) is 2. The Labute approximate surface area is 137 Å². The fourth-order valence-corrected chi connectivity index (χ4v) is 3.07. The molecule has 0 radical (unpaired) electrons. The number of hydrogen-bond acceptors (Lipinski definition) is 5. The van der Waals surface area contributed by atoms with Crippen molar-refractivity contribution in [2.45, 2.75) is 18.6 Å². The van der Waals surface area contributed by atoms with Crippen molar-refractivity contribution >= 4 is 5.91 Å². The summed E-state index contributed by atoms with van der Waals surface area (Å²) < 4.78 is 11.3. The molecule has 6 nitrogen and oxygen atoms in total. The van der Waals surface area contributed by atoms with Gasteiger partial charge in [0.15, 0.2) is 0 Å². The summed E-state index contributed by atoms with van der Waals surface area (Å²) in [5, 5.41) is 6.28. The molecule has 2 aliphatic heterocycles. The second-order valence-electron chi connectivity index (χ2n) is 6.18. The number of nitrogens with one attached hydrogen (secondary N) is 2. The SMILES string of the molecule is CN1CCOC(CNCC(=O)NC2CCOc3ccccc32)C1. The topological polar surface area (TPSA) is 62.8 Å². The normalized spacial score (nSPS) is 24.6. The molecule has 3 rings (SSSR count). The summed E-state index contributed by atoms with van der Waals surface area (Å²) in [4.78, 5) is 14.4. The molecule has 1 aromatic carbocycles. The largest absolute Gasteiger partial charge is 0.493 e. The van der Waals surface area contributed by atoms with Crippen LogP contribution in [-0.2, 0) is 9.53 Å². The van der Waals surface area contributed by atoms with Gasteiger partial charge in [-0.05, 0) is 13.1 Å². The number of nitrogens with zero attached hydrogens (tertiary/aromatic N) is 1. The monoisotopic (exact) mass is 319 g/mol. The van der Waals surface area contributed by atoms with E-state index in [-0.39, 0.29) is 18.1 Å². The third kappa shape index (κ3) is 4.43. The first-order valence-corrected chi connectivity index (χ1v) is 8.24. The average Bonchev–Trinajstić information content (AvgIpc) is 2.55. The lowest BCUT2D eigenvalue weighted by atomic mass is 10.0. The van der Waals surface area contributed by atoms with Crippen molar-refractivity contribution in [2.75, 3.05) is 46.4 Å². The molecule has 0 saturated carbocycles. The Hall–Kier alpha value is -1.63. The second kappa shape index (κ2) is 7.77. The Bertz CT molecular complexity index is 538. The zero-order chi connectivity index (χ0) is 16.1. The van der Waals surface area contributed by atoms with Gasteiger partial charge < -0.3 is 25.0 Å². The minimum Gasteiger partial charge on any atom is -0.493 e. The summed E-state index contributed by atoms with van der Waals surface area (Å²) in [6.07, 6.45) is 0.963. The van der Waals surface area contributed by atoms with Crippen molar-refractivity contribution in [3.8, 4) is 5.75 Å². The highest BCUT2D eigenvalue weighted by Crippen LogP contribution is 2.31. The molecule has 0 aliphatic carbocycles. The Morgan fingerprint density at radius 1 is 1.35 bits per heavy atom. The molecule has 2 N–H and O–H groups in total. The molecule has 2 aliphatic rings. The highest BCUT2D eigenvalue weighted by molar-refractivity contribution is 5.78. The smallest absolute Gasteiger partial charge is 0.234 e. The lowest BCUT2D eigenvalue weighted by Gasteiger charge is -2.30. The van der Waals surface area contributed by atoms with E-state index >= 15 is 0 Å². The molecule has 2 unspecified atom stereocenters. The number of hydrogen-bond donors (Lipinski definition) is 2. The highest BCUT2D eigenvalue weighted by Gasteiger charge is 2.23. The van der Waals surface area contributed by atoms with Gasteiger partial charge in [0.25, 0.3) is 0 Å². The van der Waals surface area contributed by atoms with Crippen molar-refractivity contribution in [3.05, 3.63) is 29.8 Å². The number of rotatable bonds is 5. The standard InChI is InChI=1S/C17H25N3O3/c1-20-7-9-22-13(12-20)10-18-11-17(21)19-15-6-8-23-16-5-3-2-4-14(15)16/h2-5,13,15,18H,6-12H2,1H3,(H,19,21). The number of likely N-dealkylation sites (N-methyl/N-ethyl adjacent to an activating group) is 1. The number of para-hydroxylation sites is 1. The van der Waals surface area contributed by atoms with Gasteiger partial charge in [0.1, 0.15) is 5.75 Å². The minimum atomic E-state index is 0.0101. The summed E-state index contributed by atoms with van der Waals surface area (Å²) in [6.45, 7) is 4.28. The number of amides is 1. The van der Waals surface area contributed by atoms with Crippen LogP contribution in [0.3, 0.4) is 0 Å². The summed E-state index contributed by atoms with van der Waals surface area (Å²) in [7, 11) is 2.09. The van der Waals surface area contributed by atoms with Crippen LogP contribution in [0.15, 0.2) is 24.3 Å². The van der Waals surface area contributed by atoms with E-state index in [0.29, 0.717) is 19.7 Å². The fourth-order valence-electron chi connectivity index (χ4n) is 3.07. The quantitative estimate of drug-likeness (QED) is 0.830. The van der Waals surface area contributed by atoms with Gasteiger partial charge >= 0.3 is 0 Å². The molecule has 2 heterocycles. The third-order valence-corrected chi connectivity index (χ3v) is 4.29. The zero-order valence-electron chi connectivity index (χ0n) is 13.6. The molecular weight excluding hydrogens is 294 g/mol. The van der Waals surface area contributed by atoms with Crippen molar-refractivity contribution in [1.29, 1.82) is 0 Å². The van der Waals surface area contributed by atoms with E-state index in [0.717, 1.165) is 37.4 Å². The van der Waals surface area contributed by atoms with Gasteiger partial charge in [-0.2, -0.15) is 0 Å². The van der Waals surface area contributed by atoms with Crippen LogP contribution in [0.2, 0.25) is 0 Å². The first kappa shape index (κ1) is 16.2. The van der Waals surface area contributed by atoms with Gasteiger partial charge in [0, 0.05) is 31.6 Å². The van der Waals surface area contributed by atoms with Gasteiger partial charge in [-0.15, -0.1) is 0 Å². The fraction of sp³-hybridized carbons (Fsp3) is 0.588. The zero-order valence-corrected chi connectivity index (χ0v) is 13.6. The summed E-state index contributed by atoms with van der Waals surface area (Å²) in [6, 6.07) is 7.92. The summed E-state index contributed by atoms with van der Waals surface area (Å²) >= 11 is 0. The van der Waals surface area contributed by atoms with Crippen LogP contribution in [-0.4, -0.2) is 63.4 Å². The van der Waals surface area contributed by atoms with Gasteiger partial charge in [-0.25, -0.2) is 0 Å². The highest BCUT2D eigenvalue weighted by atomic mass is 16.5. The van der Waals surface area contributed by atoms with E-state index in [1.165, 1.54) is 0 Å². The molecule has 2 atom stereocenters. The molecule has 1 fully saturated rings. The number of carbonyl (C=O) groups is 1. The molecule has 1 amide bonds. The van der Waals surface area contributed by atoms with E-state index < -0.39 is 0 Å². The van der Waals surface area contributed by atoms with Gasteiger partial charge in [0.2, 0.25) is 5.91 Å². The molecular formula is C17H25N3O3. The van der Waals surface area contributed by atoms with Crippen molar-refractivity contribution in [1.82, 2.24) is 15.5 Å². The molecule has 1 saturated heterocycles. The number of carbonyl (C=O) groups excluding carboxylic acids is 1. The summed E-state index contributed by atoms with van der Waals surface area (Å²) in [5.41, 5.74) is 1.06. The molecule has 126 valence electrons. The molecule has 23 heavy (non-hydrogen) atoms. The first-order chi connectivity index (χ1) is 11.2. The van der Waals surface area contributed by atoms with Gasteiger partial charge in [-0.3, -0.25) is 4.79 Å². The van der Waals surface area contributed by atoms with E-state index in [4.69, 9.17) is 9.47 Å². The van der Waals surface area contributed by atoms with Gasteiger partial charge in [0.05, 0.1) is 31.9 Å². The minimum absolute atomic E-state index is 0.0101. The van der Waals surface area contributed by atoms with E-state index in [1.807, 2.05) is 24.3 Å². The third-order valence-electron chi connectivity index (χ3n) is 4.29. The summed E-state index contributed by atoms with van der Waals surface area (Å²) in [5.74, 6) is 0.881. The Kier molecular flexibility index (Phi) is 5.48. The maximum Gasteiger partial charge on any atom is 0.234 e. The molecule has 0 bridgehead atoms. The molecule has 0 aromatic heterocycles. The van der Waals surface area contributed by atoms with Crippen LogP contribution in [0.25, 0.3) is 0 Å².